The van der Waals surface area contributed by atoms with Crippen LogP contribution in [-0.4, -0.2) is 42.6 Å². The van der Waals surface area contributed by atoms with E-state index in [1.54, 1.807) is 0 Å². The number of carbonyl (C=O) groups excluding carboxylic acids is 1. The zero-order valence-corrected chi connectivity index (χ0v) is 10.7. The highest BCUT2D eigenvalue weighted by atomic mass is 16.5. The highest BCUT2D eigenvalue weighted by Crippen LogP contribution is 2.27. The van der Waals surface area contributed by atoms with Crippen LogP contribution in [0, 0.1) is 5.92 Å². The van der Waals surface area contributed by atoms with Crippen molar-refractivity contribution in [3.8, 4) is 0 Å². The second-order valence-electron chi connectivity index (χ2n) is 5.22. The maximum atomic E-state index is 12.3. The van der Waals surface area contributed by atoms with Crippen LogP contribution in [0.2, 0.25) is 0 Å². The van der Waals surface area contributed by atoms with E-state index < -0.39 is 0 Å². The Balaban J connectivity index is 1.96. The number of ether oxygens (including phenoxy) is 1. The van der Waals surface area contributed by atoms with Gasteiger partial charge in [-0.2, -0.15) is 0 Å². The maximum Gasteiger partial charge on any atom is 0.251 e. The van der Waals surface area contributed by atoms with Crippen molar-refractivity contribution in [1.82, 2.24) is 4.90 Å². The molecule has 0 radical (unpaired) electrons. The molecule has 0 aromatic carbocycles. The number of hydrogen-bond donors (Lipinski definition) is 1. The fourth-order valence-corrected chi connectivity index (χ4v) is 2.98. The number of nitrogens with zero attached hydrogens (tertiary/aromatic N) is 1. The average Bonchev–Trinajstić information content (AvgIpc) is 2.91. The van der Waals surface area contributed by atoms with Crippen molar-refractivity contribution in [1.29, 1.82) is 0 Å². The van der Waals surface area contributed by atoms with Crippen LogP contribution in [0.15, 0.2) is 0 Å². The summed E-state index contributed by atoms with van der Waals surface area (Å²) in [6.07, 6.45) is 5.07. The Kier molecular flexibility index (Phi) is 4.40. The molecule has 0 spiro atoms. The van der Waals surface area contributed by atoms with Crippen molar-refractivity contribution in [3.63, 3.8) is 0 Å². The molecule has 0 bridgehead atoms. The summed E-state index contributed by atoms with van der Waals surface area (Å²) in [6.45, 7) is 4.39. The van der Waals surface area contributed by atoms with Gasteiger partial charge in [-0.1, -0.05) is 13.3 Å². The molecule has 0 aromatic heterocycles. The van der Waals surface area contributed by atoms with E-state index in [1.807, 2.05) is 4.90 Å². The number of likely N-dealkylation sites (tertiary alicyclic amines) is 1. The second kappa shape index (κ2) is 5.83. The van der Waals surface area contributed by atoms with E-state index in [4.69, 9.17) is 10.5 Å². The highest BCUT2D eigenvalue weighted by Gasteiger charge is 2.35. The maximum absolute atomic E-state index is 12.3. The van der Waals surface area contributed by atoms with Crippen LogP contribution in [-0.2, 0) is 9.53 Å². The Morgan fingerprint density at radius 1 is 1.47 bits per heavy atom. The molecule has 2 heterocycles. The van der Waals surface area contributed by atoms with Gasteiger partial charge in [0.1, 0.15) is 6.10 Å². The van der Waals surface area contributed by atoms with Gasteiger partial charge in [0, 0.05) is 25.7 Å². The number of carbonyl (C=O) groups is 1. The Labute approximate surface area is 103 Å². The van der Waals surface area contributed by atoms with Gasteiger partial charge in [0.15, 0.2) is 0 Å². The number of hydrogen-bond acceptors (Lipinski definition) is 3. The number of rotatable bonds is 3. The smallest absolute Gasteiger partial charge is 0.251 e. The molecule has 1 amide bonds. The lowest BCUT2D eigenvalue weighted by molar-refractivity contribution is -0.145. The van der Waals surface area contributed by atoms with E-state index >= 15 is 0 Å². The van der Waals surface area contributed by atoms with Gasteiger partial charge in [0.2, 0.25) is 0 Å². The van der Waals surface area contributed by atoms with Crippen molar-refractivity contribution in [2.75, 3.05) is 19.7 Å². The first-order valence-corrected chi connectivity index (χ1v) is 6.88. The molecule has 3 atom stereocenters. The zero-order chi connectivity index (χ0) is 12.3. The molecule has 98 valence electrons. The summed E-state index contributed by atoms with van der Waals surface area (Å²) in [6, 6.07) is 0.227. The molecule has 2 saturated heterocycles. The van der Waals surface area contributed by atoms with Crippen LogP contribution < -0.4 is 5.73 Å². The standard InChI is InChI=1S/C13H24N2O2/c1-2-10-5-6-15(11(8-10)9-14)13(16)12-4-3-7-17-12/h10-12H,2-9,14H2,1H3/t10?,11?,12-/m1/s1. The van der Waals surface area contributed by atoms with Crippen LogP contribution in [0.1, 0.15) is 39.0 Å². The molecule has 2 aliphatic heterocycles. The predicted octanol–water partition coefficient (Wildman–Crippen LogP) is 1.14. The zero-order valence-electron chi connectivity index (χ0n) is 10.7. The summed E-state index contributed by atoms with van der Waals surface area (Å²) in [7, 11) is 0. The van der Waals surface area contributed by atoms with E-state index in [9.17, 15) is 4.79 Å². The highest BCUT2D eigenvalue weighted by molar-refractivity contribution is 5.81. The Morgan fingerprint density at radius 2 is 2.29 bits per heavy atom. The van der Waals surface area contributed by atoms with Gasteiger partial charge in [-0.05, 0) is 31.6 Å². The van der Waals surface area contributed by atoms with Gasteiger partial charge in [-0.25, -0.2) is 0 Å². The first-order valence-electron chi connectivity index (χ1n) is 6.88. The van der Waals surface area contributed by atoms with Crippen molar-refractivity contribution in [2.45, 2.75) is 51.2 Å². The molecule has 0 aromatic rings. The van der Waals surface area contributed by atoms with Gasteiger partial charge in [0.25, 0.3) is 5.91 Å². The molecule has 2 unspecified atom stereocenters. The molecule has 2 rings (SSSR count). The summed E-state index contributed by atoms with van der Waals surface area (Å²) in [4.78, 5) is 14.3. The third kappa shape index (κ3) is 2.80. The van der Waals surface area contributed by atoms with Gasteiger partial charge in [0.05, 0.1) is 0 Å². The Hall–Kier alpha value is -0.610. The van der Waals surface area contributed by atoms with Crippen LogP contribution in [0.3, 0.4) is 0 Å². The van der Waals surface area contributed by atoms with Gasteiger partial charge in [-0.3, -0.25) is 4.79 Å². The molecule has 2 fully saturated rings. The first-order chi connectivity index (χ1) is 8.26. The molecular formula is C13H24N2O2. The SMILES string of the molecule is CCC1CCN(C(=O)[C@H]2CCCO2)C(CN)C1. The van der Waals surface area contributed by atoms with E-state index in [0.717, 1.165) is 44.8 Å². The summed E-state index contributed by atoms with van der Waals surface area (Å²) >= 11 is 0. The summed E-state index contributed by atoms with van der Waals surface area (Å²) in [5.41, 5.74) is 5.81. The fourth-order valence-electron chi connectivity index (χ4n) is 2.98. The first kappa shape index (κ1) is 12.8. The van der Waals surface area contributed by atoms with Gasteiger partial charge in [-0.15, -0.1) is 0 Å². The lowest BCUT2D eigenvalue weighted by Gasteiger charge is -2.39. The lowest BCUT2D eigenvalue weighted by Crippen LogP contribution is -2.52. The molecular weight excluding hydrogens is 216 g/mol. The number of nitrogens with two attached hydrogens (primary N) is 1. The third-order valence-electron chi connectivity index (χ3n) is 4.16. The largest absolute Gasteiger partial charge is 0.368 e. The molecule has 4 heteroatoms. The van der Waals surface area contributed by atoms with Crippen molar-refractivity contribution in [3.05, 3.63) is 0 Å². The van der Waals surface area contributed by atoms with Crippen LogP contribution >= 0.6 is 0 Å². The molecule has 4 nitrogen and oxygen atoms in total. The predicted molar refractivity (Wildman–Crippen MR) is 66.5 cm³/mol. The third-order valence-corrected chi connectivity index (χ3v) is 4.16. The van der Waals surface area contributed by atoms with Crippen LogP contribution in [0.25, 0.3) is 0 Å². The molecule has 2 aliphatic rings. The number of amides is 1. The monoisotopic (exact) mass is 240 g/mol. The minimum Gasteiger partial charge on any atom is -0.368 e. The second-order valence-corrected chi connectivity index (χ2v) is 5.22. The lowest BCUT2D eigenvalue weighted by atomic mass is 9.88. The summed E-state index contributed by atoms with van der Waals surface area (Å²) < 4.78 is 5.48. The van der Waals surface area contributed by atoms with E-state index in [2.05, 4.69) is 6.92 Å². The molecule has 17 heavy (non-hydrogen) atoms. The van der Waals surface area contributed by atoms with E-state index in [1.165, 1.54) is 6.42 Å². The fraction of sp³-hybridized carbons (Fsp3) is 0.923. The Bertz CT molecular complexity index is 264. The normalized spacial score (nSPS) is 34.0. The molecule has 0 aliphatic carbocycles. The topological polar surface area (TPSA) is 55.6 Å². The van der Waals surface area contributed by atoms with Crippen molar-refractivity contribution >= 4 is 5.91 Å². The van der Waals surface area contributed by atoms with Gasteiger partial charge >= 0.3 is 0 Å². The summed E-state index contributed by atoms with van der Waals surface area (Å²) in [5.74, 6) is 0.907. The van der Waals surface area contributed by atoms with Crippen LogP contribution in [0.5, 0.6) is 0 Å². The van der Waals surface area contributed by atoms with E-state index in [-0.39, 0.29) is 18.1 Å². The molecule has 0 saturated carbocycles. The number of piperidine rings is 1. The Morgan fingerprint density at radius 3 is 2.88 bits per heavy atom. The molecule has 2 N–H and O–H groups in total. The average molecular weight is 240 g/mol. The van der Waals surface area contributed by atoms with Crippen molar-refractivity contribution < 1.29 is 9.53 Å². The minimum absolute atomic E-state index is 0.174. The van der Waals surface area contributed by atoms with Crippen molar-refractivity contribution in [2.24, 2.45) is 11.7 Å². The van der Waals surface area contributed by atoms with E-state index in [0.29, 0.717) is 6.54 Å². The van der Waals surface area contributed by atoms with Crippen LogP contribution in [0.4, 0.5) is 0 Å². The van der Waals surface area contributed by atoms with Gasteiger partial charge < -0.3 is 15.4 Å². The minimum atomic E-state index is -0.192. The summed E-state index contributed by atoms with van der Waals surface area (Å²) in [5, 5.41) is 0. The quantitative estimate of drug-likeness (QED) is 0.805.